The van der Waals surface area contributed by atoms with Crippen molar-refractivity contribution < 1.29 is 0 Å². The fourth-order valence-electron chi connectivity index (χ4n) is 3.67. The van der Waals surface area contributed by atoms with Crippen molar-refractivity contribution in [2.75, 3.05) is 19.6 Å². The Labute approximate surface area is 119 Å². The number of rotatable bonds is 8. The third-order valence-electron chi connectivity index (χ3n) is 5.23. The first-order valence-corrected chi connectivity index (χ1v) is 8.82. The van der Waals surface area contributed by atoms with Gasteiger partial charge in [0.2, 0.25) is 0 Å². The Bertz CT molecular complexity index is 256. The van der Waals surface area contributed by atoms with Crippen molar-refractivity contribution >= 4 is 0 Å². The van der Waals surface area contributed by atoms with Gasteiger partial charge in [0, 0.05) is 25.2 Å². The average Bonchev–Trinajstić information content (AvgIpc) is 3.31. The van der Waals surface area contributed by atoms with Crippen LogP contribution in [0.4, 0.5) is 0 Å². The monoisotopic (exact) mass is 264 g/mol. The fourth-order valence-corrected chi connectivity index (χ4v) is 3.67. The molecule has 2 heteroatoms. The van der Waals surface area contributed by atoms with Crippen molar-refractivity contribution in [3.8, 4) is 0 Å². The van der Waals surface area contributed by atoms with E-state index in [0.29, 0.717) is 0 Å². The Kier molecular flexibility index (Phi) is 4.81. The summed E-state index contributed by atoms with van der Waals surface area (Å²) in [5.74, 6) is 2.12. The zero-order valence-corrected chi connectivity index (χ0v) is 12.7. The summed E-state index contributed by atoms with van der Waals surface area (Å²) < 4.78 is 0. The second-order valence-corrected chi connectivity index (χ2v) is 7.31. The molecule has 3 aliphatic rings. The van der Waals surface area contributed by atoms with E-state index in [9.17, 15) is 0 Å². The van der Waals surface area contributed by atoms with Gasteiger partial charge in [0.15, 0.2) is 0 Å². The highest BCUT2D eigenvalue weighted by atomic mass is 15.2. The smallest absolute Gasteiger partial charge is 0.0110 e. The van der Waals surface area contributed by atoms with E-state index in [1.54, 1.807) is 0 Å². The first kappa shape index (κ1) is 13.9. The highest BCUT2D eigenvalue weighted by Gasteiger charge is 2.34. The van der Waals surface area contributed by atoms with Crippen LogP contribution in [0.2, 0.25) is 0 Å². The largest absolute Gasteiger partial charge is 0.314 e. The van der Waals surface area contributed by atoms with Crippen LogP contribution >= 0.6 is 0 Å². The maximum Gasteiger partial charge on any atom is 0.0110 e. The Morgan fingerprint density at radius 3 is 2.21 bits per heavy atom. The zero-order chi connectivity index (χ0) is 13.1. The van der Waals surface area contributed by atoms with E-state index in [0.717, 1.165) is 23.9 Å². The summed E-state index contributed by atoms with van der Waals surface area (Å²) in [6.07, 6.45) is 13.0. The van der Waals surface area contributed by atoms with Gasteiger partial charge in [0.1, 0.15) is 0 Å². The molecule has 2 unspecified atom stereocenters. The van der Waals surface area contributed by atoms with Crippen molar-refractivity contribution in [3.63, 3.8) is 0 Å². The summed E-state index contributed by atoms with van der Waals surface area (Å²) in [6, 6.07) is 1.70. The van der Waals surface area contributed by atoms with Crippen molar-refractivity contribution in [3.05, 3.63) is 0 Å². The normalized spacial score (nSPS) is 31.9. The molecule has 0 aromatic heterocycles. The second-order valence-electron chi connectivity index (χ2n) is 7.31. The molecule has 0 aliphatic heterocycles. The predicted molar refractivity (Wildman–Crippen MR) is 81.4 cm³/mol. The molecule has 0 amide bonds. The molecule has 3 fully saturated rings. The van der Waals surface area contributed by atoms with Crippen LogP contribution < -0.4 is 5.32 Å². The maximum atomic E-state index is 3.77. The second kappa shape index (κ2) is 6.58. The molecule has 0 aromatic rings. The summed E-state index contributed by atoms with van der Waals surface area (Å²) in [7, 11) is 0. The lowest BCUT2D eigenvalue weighted by Gasteiger charge is -2.38. The van der Waals surface area contributed by atoms with Gasteiger partial charge in [-0.1, -0.05) is 13.3 Å². The molecule has 2 nitrogen and oxygen atoms in total. The van der Waals surface area contributed by atoms with Crippen LogP contribution in [-0.4, -0.2) is 36.6 Å². The van der Waals surface area contributed by atoms with Crippen LogP contribution in [-0.2, 0) is 0 Å². The standard InChI is InChI=1S/C17H32N2/c1-2-10-18-16-4-3-5-17(11-16)19(12-14-6-7-14)13-15-8-9-15/h14-18H,2-13H2,1H3. The first-order chi connectivity index (χ1) is 9.35. The molecule has 0 radical (unpaired) electrons. The van der Waals surface area contributed by atoms with Crippen LogP contribution in [0.15, 0.2) is 0 Å². The molecule has 19 heavy (non-hydrogen) atoms. The van der Waals surface area contributed by atoms with Crippen molar-refractivity contribution in [2.24, 2.45) is 11.8 Å². The van der Waals surface area contributed by atoms with E-state index in [1.807, 2.05) is 0 Å². The third-order valence-corrected chi connectivity index (χ3v) is 5.23. The predicted octanol–water partition coefficient (Wildman–Crippen LogP) is 3.42. The molecule has 0 heterocycles. The number of nitrogens with one attached hydrogen (secondary N) is 1. The van der Waals surface area contributed by atoms with Crippen LogP contribution in [0.1, 0.15) is 64.7 Å². The summed E-state index contributed by atoms with van der Waals surface area (Å²) in [4.78, 5) is 2.90. The van der Waals surface area contributed by atoms with Gasteiger partial charge in [-0.25, -0.2) is 0 Å². The van der Waals surface area contributed by atoms with Crippen LogP contribution in [0.25, 0.3) is 0 Å². The maximum absolute atomic E-state index is 3.77. The topological polar surface area (TPSA) is 15.3 Å². The molecule has 0 saturated heterocycles. The molecule has 0 spiro atoms. The fraction of sp³-hybridized carbons (Fsp3) is 1.00. The van der Waals surface area contributed by atoms with Gasteiger partial charge in [-0.05, 0) is 69.7 Å². The Hall–Kier alpha value is -0.0800. The average molecular weight is 264 g/mol. The molecule has 2 atom stereocenters. The van der Waals surface area contributed by atoms with E-state index >= 15 is 0 Å². The minimum Gasteiger partial charge on any atom is -0.314 e. The third kappa shape index (κ3) is 4.46. The zero-order valence-electron chi connectivity index (χ0n) is 12.7. The van der Waals surface area contributed by atoms with Crippen LogP contribution in [0.3, 0.4) is 0 Å². The van der Waals surface area contributed by atoms with Gasteiger partial charge in [-0.15, -0.1) is 0 Å². The number of hydrogen-bond donors (Lipinski definition) is 1. The van der Waals surface area contributed by atoms with Gasteiger partial charge in [0.05, 0.1) is 0 Å². The molecule has 0 bridgehead atoms. The van der Waals surface area contributed by atoms with Gasteiger partial charge < -0.3 is 5.32 Å². The van der Waals surface area contributed by atoms with Crippen LogP contribution in [0.5, 0.6) is 0 Å². The molecule has 3 rings (SSSR count). The molecule has 3 aliphatic carbocycles. The van der Waals surface area contributed by atoms with E-state index in [-0.39, 0.29) is 0 Å². The van der Waals surface area contributed by atoms with Gasteiger partial charge in [-0.2, -0.15) is 0 Å². The highest BCUT2D eigenvalue weighted by Crippen LogP contribution is 2.36. The molecule has 1 N–H and O–H groups in total. The lowest BCUT2D eigenvalue weighted by atomic mass is 9.89. The molecular weight excluding hydrogens is 232 g/mol. The molecule has 0 aromatic carbocycles. The number of hydrogen-bond acceptors (Lipinski definition) is 2. The van der Waals surface area contributed by atoms with Gasteiger partial charge >= 0.3 is 0 Å². The van der Waals surface area contributed by atoms with E-state index in [2.05, 4.69) is 17.1 Å². The quantitative estimate of drug-likeness (QED) is 0.722. The molecule has 110 valence electrons. The molecule has 3 saturated carbocycles. The number of nitrogens with zero attached hydrogens (tertiary/aromatic N) is 1. The van der Waals surface area contributed by atoms with E-state index in [1.165, 1.54) is 77.4 Å². The summed E-state index contributed by atoms with van der Waals surface area (Å²) >= 11 is 0. The van der Waals surface area contributed by atoms with Crippen LogP contribution in [0, 0.1) is 11.8 Å². The van der Waals surface area contributed by atoms with Crippen molar-refractivity contribution in [2.45, 2.75) is 76.8 Å². The lowest BCUT2D eigenvalue weighted by Crippen LogP contribution is -2.46. The van der Waals surface area contributed by atoms with E-state index in [4.69, 9.17) is 0 Å². The minimum atomic E-state index is 0.805. The van der Waals surface area contributed by atoms with Gasteiger partial charge in [0.25, 0.3) is 0 Å². The SMILES string of the molecule is CCCNC1CCCC(N(CC2CC2)CC2CC2)C1. The summed E-state index contributed by atoms with van der Waals surface area (Å²) in [6.45, 7) is 6.33. The lowest BCUT2D eigenvalue weighted by molar-refractivity contribution is 0.128. The first-order valence-electron chi connectivity index (χ1n) is 8.82. The summed E-state index contributed by atoms with van der Waals surface area (Å²) in [5, 5.41) is 3.77. The minimum absolute atomic E-state index is 0.805. The Morgan fingerprint density at radius 1 is 0.947 bits per heavy atom. The Balaban J connectivity index is 1.50. The Morgan fingerprint density at radius 2 is 1.63 bits per heavy atom. The van der Waals surface area contributed by atoms with Gasteiger partial charge in [-0.3, -0.25) is 4.90 Å². The van der Waals surface area contributed by atoms with Crippen molar-refractivity contribution in [1.29, 1.82) is 0 Å². The van der Waals surface area contributed by atoms with Crippen molar-refractivity contribution in [1.82, 2.24) is 10.2 Å². The summed E-state index contributed by atoms with van der Waals surface area (Å²) in [5.41, 5.74) is 0. The molecular formula is C17H32N2. The highest BCUT2D eigenvalue weighted by molar-refractivity contribution is 4.89. The van der Waals surface area contributed by atoms with E-state index < -0.39 is 0 Å².